The molecule has 0 aromatic heterocycles. The zero-order chi connectivity index (χ0) is 15.5. The molecule has 0 heterocycles. The van der Waals surface area contributed by atoms with Gasteiger partial charge < -0.3 is 20.1 Å². The van der Waals surface area contributed by atoms with Gasteiger partial charge in [-0.1, -0.05) is 0 Å². The first kappa shape index (κ1) is 16.5. The Kier molecular flexibility index (Phi) is 7.40. The lowest BCUT2D eigenvalue weighted by atomic mass is 10.2. The van der Waals surface area contributed by atoms with Crippen LogP contribution < -0.4 is 15.4 Å². The van der Waals surface area contributed by atoms with Crippen LogP contribution in [0, 0.1) is 11.3 Å². The first-order chi connectivity index (χ1) is 10.2. The van der Waals surface area contributed by atoms with Crippen molar-refractivity contribution in [2.24, 2.45) is 0 Å². The molecule has 0 atom stereocenters. The fraction of sp³-hybridized carbons (Fsp3) is 0.333. The van der Waals surface area contributed by atoms with Gasteiger partial charge in [-0.2, -0.15) is 5.26 Å². The molecule has 0 aliphatic heterocycles. The van der Waals surface area contributed by atoms with Gasteiger partial charge in [0.25, 0.3) is 5.91 Å². The molecule has 0 bridgehead atoms. The van der Waals surface area contributed by atoms with Gasteiger partial charge in [-0.25, -0.2) is 0 Å². The van der Waals surface area contributed by atoms with Crippen LogP contribution in [0.2, 0.25) is 0 Å². The molecular weight excluding hydrogens is 270 g/mol. The van der Waals surface area contributed by atoms with Gasteiger partial charge in [0, 0.05) is 32.1 Å². The number of carbonyl (C=O) groups is 1. The Labute approximate surface area is 124 Å². The van der Waals surface area contributed by atoms with Gasteiger partial charge in [0.1, 0.15) is 17.4 Å². The van der Waals surface area contributed by atoms with Gasteiger partial charge in [-0.15, -0.1) is 0 Å². The minimum Gasteiger partial charge on any atom is -0.497 e. The van der Waals surface area contributed by atoms with E-state index in [0.717, 1.165) is 6.42 Å². The molecule has 6 nitrogen and oxygen atoms in total. The van der Waals surface area contributed by atoms with Gasteiger partial charge in [0.15, 0.2) is 0 Å². The minimum atomic E-state index is -0.457. The summed E-state index contributed by atoms with van der Waals surface area (Å²) in [5.41, 5.74) is 0.615. The second-order valence-electron chi connectivity index (χ2n) is 4.15. The molecule has 1 aromatic carbocycles. The van der Waals surface area contributed by atoms with Gasteiger partial charge in [-0.3, -0.25) is 4.79 Å². The standard InChI is InChI=1S/C15H19N3O3/c1-20-9-3-8-17-11-12(10-16)15(19)18-13-4-6-14(21-2)7-5-13/h4-7,11,17H,3,8-9H2,1-2H3,(H,18,19)/b12-11-. The summed E-state index contributed by atoms with van der Waals surface area (Å²) >= 11 is 0. The molecule has 21 heavy (non-hydrogen) atoms. The largest absolute Gasteiger partial charge is 0.497 e. The molecule has 1 amide bonds. The number of nitriles is 1. The summed E-state index contributed by atoms with van der Waals surface area (Å²) in [6, 6.07) is 8.74. The molecule has 112 valence electrons. The lowest BCUT2D eigenvalue weighted by Crippen LogP contribution is -2.17. The average Bonchev–Trinajstić information content (AvgIpc) is 2.51. The van der Waals surface area contributed by atoms with Crippen LogP contribution in [0.15, 0.2) is 36.0 Å². The van der Waals surface area contributed by atoms with Crippen LogP contribution in [0.1, 0.15) is 6.42 Å². The molecule has 0 saturated carbocycles. The van der Waals surface area contributed by atoms with Crippen molar-refractivity contribution in [2.45, 2.75) is 6.42 Å². The predicted octanol–water partition coefficient (Wildman–Crippen LogP) is 1.67. The third kappa shape index (κ3) is 5.97. The smallest absolute Gasteiger partial charge is 0.267 e. The Morgan fingerprint density at radius 2 is 2.05 bits per heavy atom. The van der Waals surface area contributed by atoms with E-state index in [9.17, 15) is 4.79 Å². The molecule has 0 aliphatic rings. The SMILES string of the molecule is COCCCN/C=C(/C#N)C(=O)Nc1ccc(OC)cc1. The van der Waals surface area contributed by atoms with Crippen LogP contribution in [-0.4, -0.2) is 33.3 Å². The van der Waals surface area contributed by atoms with Crippen molar-refractivity contribution in [3.63, 3.8) is 0 Å². The Bertz CT molecular complexity index is 518. The number of carbonyl (C=O) groups excluding carboxylic acids is 1. The number of anilines is 1. The van der Waals surface area contributed by atoms with E-state index in [-0.39, 0.29) is 5.57 Å². The quantitative estimate of drug-likeness (QED) is 0.432. The number of hydrogen-bond acceptors (Lipinski definition) is 5. The van der Waals surface area contributed by atoms with Crippen LogP contribution in [0.4, 0.5) is 5.69 Å². The van der Waals surface area contributed by atoms with E-state index in [1.165, 1.54) is 6.20 Å². The van der Waals surface area contributed by atoms with Crippen LogP contribution in [0.25, 0.3) is 0 Å². The highest BCUT2D eigenvalue weighted by Gasteiger charge is 2.08. The Hall–Kier alpha value is -2.52. The van der Waals surface area contributed by atoms with E-state index in [2.05, 4.69) is 10.6 Å². The van der Waals surface area contributed by atoms with E-state index in [1.54, 1.807) is 38.5 Å². The van der Waals surface area contributed by atoms with Crippen molar-refractivity contribution >= 4 is 11.6 Å². The number of hydrogen-bond donors (Lipinski definition) is 2. The second-order valence-corrected chi connectivity index (χ2v) is 4.15. The number of amides is 1. The van der Waals surface area contributed by atoms with Gasteiger partial charge in [0.05, 0.1) is 7.11 Å². The number of nitrogens with one attached hydrogen (secondary N) is 2. The van der Waals surface area contributed by atoms with Gasteiger partial charge >= 0.3 is 0 Å². The maximum atomic E-state index is 11.9. The first-order valence-corrected chi connectivity index (χ1v) is 6.49. The van der Waals surface area contributed by atoms with Gasteiger partial charge in [0.2, 0.25) is 0 Å². The summed E-state index contributed by atoms with van der Waals surface area (Å²) in [6.45, 7) is 1.26. The zero-order valence-corrected chi connectivity index (χ0v) is 12.2. The summed E-state index contributed by atoms with van der Waals surface area (Å²) in [4.78, 5) is 11.9. The number of rotatable bonds is 8. The van der Waals surface area contributed by atoms with Crippen molar-refractivity contribution in [3.8, 4) is 11.8 Å². The highest BCUT2D eigenvalue weighted by Crippen LogP contribution is 2.15. The molecule has 0 fully saturated rings. The lowest BCUT2D eigenvalue weighted by molar-refractivity contribution is -0.112. The van der Waals surface area contributed by atoms with E-state index < -0.39 is 5.91 Å². The van der Waals surface area contributed by atoms with Crippen LogP contribution in [0.3, 0.4) is 0 Å². The van der Waals surface area contributed by atoms with Crippen molar-refractivity contribution in [1.82, 2.24) is 5.32 Å². The Morgan fingerprint density at radius 1 is 1.33 bits per heavy atom. The number of benzene rings is 1. The molecule has 1 aromatic rings. The minimum absolute atomic E-state index is 0.0169. The fourth-order valence-electron chi connectivity index (χ4n) is 1.51. The summed E-state index contributed by atoms with van der Waals surface area (Å²) in [5.74, 6) is 0.241. The first-order valence-electron chi connectivity index (χ1n) is 6.49. The van der Waals surface area contributed by atoms with Crippen LogP contribution in [0.5, 0.6) is 5.75 Å². The van der Waals surface area contributed by atoms with Crippen molar-refractivity contribution in [3.05, 3.63) is 36.0 Å². The molecule has 0 saturated heterocycles. The molecule has 0 aliphatic carbocycles. The molecular formula is C15H19N3O3. The van der Waals surface area contributed by atoms with E-state index >= 15 is 0 Å². The van der Waals surface area contributed by atoms with E-state index in [0.29, 0.717) is 24.6 Å². The van der Waals surface area contributed by atoms with E-state index in [1.807, 2.05) is 6.07 Å². The number of methoxy groups -OCH3 is 2. The molecule has 2 N–H and O–H groups in total. The predicted molar refractivity (Wildman–Crippen MR) is 79.8 cm³/mol. The molecule has 6 heteroatoms. The highest BCUT2D eigenvalue weighted by molar-refractivity contribution is 6.06. The highest BCUT2D eigenvalue weighted by atomic mass is 16.5. The monoisotopic (exact) mass is 289 g/mol. The van der Waals surface area contributed by atoms with E-state index in [4.69, 9.17) is 14.7 Å². The summed E-state index contributed by atoms with van der Waals surface area (Å²) in [7, 11) is 3.19. The topological polar surface area (TPSA) is 83.4 Å². The van der Waals surface area contributed by atoms with Crippen LogP contribution in [-0.2, 0) is 9.53 Å². The molecule has 0 radical (unpaired) electrons. The maximum Gasteiger partial charge on any atom is 0.267 e. The Balaban J connectivity index is 2.54. The Morgan fingerprint density at radius 3 is 2.62 bits per heavy atom. The van der Waals surface area contributed by atoms with Crippen LogP contribution >= 0.6 is 0 Å². The van der Waals surface area contributed by atoms with Crippen molar-refractivity contribution in [2.75, 3.05) is 32.7 Å². The van der Waals surface area contributed by atoms with Gasteiger partial charge in [-0.05, 0) is 30.7 Å². The van der Waals surface area contributed by atoms with Crippen molar-refractivity contribution in [1.29, 1.82) is 5.26 Å². The lowest BCUT2D eigenvalue weighted by Gasteiger charge is -2.06. The normalized spacial score (nSPS) is 10.6. The summed E-state index contributed by atoms with van der Waals surface area (Å²) in [6.07, 6.45) is 2.21. The zero-order valence-electron chi connectivity index (χ0n) is 12.2. The molecule has 0 unspecified atom stereocenters. The molecule has 1 rings (SSSR count). The third-order valence-corrected chi connectivity index (χ3v) is 2.63. The third-order valence-electron chi connectivity index (χ3n) is 2.63. The van der Waals surface area contributed by atoms with Crippen molar-refractivity contribution < 1.29 is 14.3 Å². The summed E-state index contributed by atoms with van der Waals surface area (Å²) in [5, 5.41) is 14.6. The summed E-state index contributed by atoms with van der Waals surface area (Å²) < 4.78 is 9.94. The maximum absolute atomic E-state index is 11.9. The number of nitrogens with zero attached hydrogens (tertiary/aromatic N) is 1. The average molecular weight is 289 g/mol. The fourth-order valence-corrected chi connectivity index (χ4v) is 1.51. The number of ether oxygens (including phenoxy) is 2. The molecule has 0 spiro atoms. The second kappa shape index (κ2) is 9.39.